The van der Waals surface area contributed by atoms with E-state index < -0.39 is 0 Å². The van der Waals surface area contributed by atoms with Crippen molar-refractivity contribution in [3.05, 3.63) is 22.4 Å². The molecule has 1 aromatic rings. The minimum absolute atomic E-state index is 0.00796. The second-order valence-electron chi connectivity index (χ2n) is 3.18. The first-order valence-electron chi connectivity index (χ1n) is 4.64. The van der Waals surface area contributed by atoms with Gasteiger partial charge in [0.2, 0.25) is 0 Å². The zero-order valence-electron chi connectivity index (χ0n) is 8.60. The fourth-order valence-corrected chi connectivity index (χ4v) is 1.98. The monoisotopic (exact) mass is 215 g/mol. The number of ether oxygens (including phenoxy) is 2. The molecule has 1 rings (SSSR count). The highest BCUT2D eigenvalue weighted by Crippen LogP contribution is 2.20. The molecule has 0 saturated heterocycles. The molecular weight excluding hydrogens is 198 g/mol. The third kappa shape index (κ3) is 3.38. The molecule has 0 aliphatic heterocycles. The van der Waals surface area contributed by atoms with Gasteiger partial charge in [-0.15, -0.1) is 0 Å². The van der Waals surface area contributed by atoms with Crippen LogP contribution in [0.5, 0.6) is 0 Å². The number of hydrogen-bond donors (Lipinski definition) is 1. The molecule has 0 fully saturated rings. The molecule has 4 heteroatoms. The smallest absolute Gasteiger partial charge is 0.0959 e. The predicted octanol–water partition coefficient (Wildman–Crippen LogP) is 1.80. The van der Waals surface area contributed by atoms with Crippen molar-refractivity contribution in [1.82, 2.24) is 0 Å². The van der Waals surface area contributed by atoms with Crippen molar-refractivity contribution in [1.29, 1.82) is 0 Å². The summed E-state index contributed by atoms with van der Waals surface area (Å²) in [7, 11) is 1.67. The molecule has 2 unspecified atom stereocenters. The summed E-state index contributed by atoms with van der Waals surface area (Å²) in [5.74, 6) is 0. The van der Waals surface area contributed by atoms with Crippen LogP contribution in [-0.4, -0.2) is 26.4 Å². The van der Waals surface area contributed by atoms with Crippen LogP contribution in [0, 0.1) is 0 Å². The molecule has 2 N–H and O–H groups in total. The van der Waals surface area contributed by atoms with Gasteiger partial charge in [-0.1, -0.05) is 0 Å². The van der Waals surface area contributed by atoms with E-state index in [-0.39, 0.29) is 12.2 Å². The lowest BCUT2D eigenvalue weighted by Gasteiger charge is -2.19. The minimum atomic E-state index is -0.00796. The van der Waals surface area contributed by atoms with E-state index in [2.05, 4.69) is 5.38 Å². The molecule has 0 saturated carbocycles. The van der Waals surface area contributed by atoms with Crippen LogP contribution in [0.4, 0.5) is 0 Å². The lowest BCUT2D eigenvalue weighted by molar-refractivity contribution is -0.0360. The Hall–Kier alpha value is -0.420. The predicted molar refractivity (Wildman–Crippen MR) is 58.5 cm³/mol. The van der Waals surface area contributed by atoms with Crippen molar-refractivity contribution < 1.29 is 9.47 Å². The molecule has 1 aromatic heterocycles. The number of methoxy groups -OCH3 is 1. The summed E-state index contributed by atoms with van der Waals surface area (Å²) in [5.41, 5.74) is 6.80. The van der Waals surface area contributed by atoms with E-state index in [1.807, 2.05) is 18.4 Å². The topological polar surface area (TPSA) is 44.5 Å². The fourth-order valence-electron chi connectivity index (χ4n) is 1.28. The number of rotatable bonds is 6. The van der Waals surface area contributed by atoms with Gasteiger partial charge in [-0.25, -0.2) is 0 Å². The van der Waals surface area contributed by atoms with Gasteiger partial charge in [0, 0.05) is 13.7 Å². The molecule has 3 nitrogen and oxygen atoms in total. The van der Waals surface area contributed by atoms with Crippen LogP contribution in [0.2, 0.25) is 0 Å². The Morgan fingerprint density at radius 1 is 1.57 bits per heavy atom. The Kier molecular flexibility index (Phi) is 5.11. The fraction of sp³-hybridized carbons (Fsp3) is 0.600. The molecule has 0 amide bonds. The van der Waals surface area contributed by atoms with Crippen molar-refractivity contribution in [2.75, 3.05) is 20.3 Å². The van der Waals surface area contributed by atoms with Crippen molar-refractivity contribution in [2.45, 2.75) is 19.1 Å². The van der Waals surface area contributed by atoms with Gasteiger partial charge in [0.05, 0.1) is 18.8 Å². The summed E-state index contributed by atoms with van der Waals surface area (Å²) in [6, 6.07) is 2.04. The molecule has 0 aliphatic carbocycles. The number of nitrogens with two attached hydrogens (primary N) is 1. The van der Waals surface area contributed by atoms with Crippen molar-refractivity contribution in [3.8, 4) is 0 Å². The highest BCUT2D eigenvalue weighted by molar-refractivity contribution is 7.07. The Labute approximate surface area is 88.8 Å². The zero-order chi connectivity index (χ0) is 10.4. The van der Waals surface area contributed by atoms with Crippen LogP contribution in [0.3, 0.4) is 0 Å². The average molecular weight is 215 g/mol. The van der Waals surface area contributed by atoms with E-state index in [1.165, 1.54) is 0 Å². The van der Waals surface area contributed by atoms with Gasteiger partial charge in [-0.3, -0.25) is 0 Å². The van der Waals surface area contributed by atoms with Gasteiger partial charge in [0.25, 0.3) is 0 Å². The molecule has 14 heavy (non-hydrogen) atoms. The lowest BCUT2D eigenvalue weighted by atomic mass is 10.2. The van der Waals surface area contributed by atoms with E-state index in [4.69, 9.17) is 15.2 Å². The number of hydrogen-bond acceptors (Lipinski definition) is 4. The van der Waals surface area contributed by atoms with Crippen LogP contribution in [-0.2, 0) is 9.47 Å². The normalized spacial score (nSPS) is 15.4. The number of thiophene rings is 1. The Balaban J connectivity index is 2.47. The van der Waals surface area contributed by atoms with Crippen molar-refractivity contribution >= 4 is 11.3 Å². The third-order valence-electron chi connectivity index (χ3n) is 1.93. The van der Waals surface area contributed by atoms with E-state index in [1.54, 1.807) is 18.4 Å². The second kappa shape index (κ2) is 6.14. The minimum Gasteiger partial charge on any atom is -0.382 e. The Bertz CT molecular complexity index is 238. The van der Waals surface area contributed by atoms with Gasteiger partial charge < -0.3 is 15.2 Å². The maximum atomic E-state index is 5.74. The van der Waals surface area contributed by atoms with E-state index in [9.17, 15) is 0 Å². The summed E-state index contributed by atoms with van der Waals surface area (Å²) >= 11 is 1.66. The molecule has 0 aliphatic rings. The summed E-state index contributed by atoms with van der Waals surface area (Å²) in [6.45, 7) is 3.09. The maximum Gasteiger partial charge on any atom is 0.0959 e. The van der Waals surface area contributed by atoms with Crippen LogP contribution in [0.1, 0.15) is 18.6 Å². The molecule has 0 radical (unpaired) electrons. The summed E-state index contributed by atoms with van der Waals surface area (Å²) in [6.07, 6.45) is 0.0693. The van der Waals surface area contributed by atoms with Crippen LogP contribution >= 0.6 is 11.3 Å². The first kappa shape index (κ1) is 11.7. The lowest BCUT2D eigenvalue weighted by Crippen LogP contribution is -2.23. The standard InChI is InChI=1S/C10H17NO2S/c1-8(6-12-2)13-10(5-11)9-3-4-14-7-9/h3-4,7-8,10H,5-6,11H2,1-2H3. The molecule has 0 spiro atoms. The van der Waals surface area contributed by atoms with Gasteiger partial charge >= 0.3 is 0 Å². The Morgan fingerprint density at radius 3 is 2.86 bits per heavy atom. The first-order valence-corrected chi connectivity index (χ1v) is 5.58. The van der Waals surface area contributed by atoms with Crippen LogP contribution in [0.15, 0.2) is 16.8 Å². The van der Waals surface area contributed by atoms with Crippen LogP contribution < -0.4 is 5.73 Å². The molecule has 0 bridgehead atoms. The van der Waals surface area contributed by atoms with Crippen LogP contribution in [0.25, 0.3) is 0 Å². The summed E-state index contributed by atoms with van der Waals surface area (Å²) < 4.78 is 10.7. The van der Waals surface area contributed by atoms with E-state index in [0.29, 0.717) is 13.2 Å². The molecular formula is C10H17NO2S. The van der Waals surface area contributed by atoms with Crippen molar-refractivity contribution in [3.63, 3.8) is 0 Å². The SMILES string of the molecule is COCC(C)OC(CN)c1ccsc1. The Morgan fingerprint density at radius 2 is 2.36 bits per heavy atom. The second-order valence-corrected chi connectivity index (χ2v) is 3.96. The quantitative estimate of drug-likeness (QED) is 0.787. The average Bonchev–Trinajstić information content (AvgIpc) is 2.67. The van der Waals surface area contributed by atoms with Gasteiger partial charge in [-0.2, -0.15) is 11.3 Å². The third-order valence-corrected chi connectivity index (χ3v) is 2.63. The maximum absolute atomic E-state index is 5.74. The van der Waals surface area contributed by atoms with Gasteiger partial charge in [0.15, 0.2) is 0 Å². The van der Waals surface area contributed by atoms with E-state index >= 15 is 0 Å². The first-order chi connectivity index (χ1) is 6.77. The summed E-state index contributed by atoms with van der Waals surface area (Å²) in [5, 5.41) is 4.10. The highest BCUT2D eigenvalue weighted by atomic mass is 32.1. The molecule has 2 atom stereocenters. The highest BCUT2D eigenvalue weighted by Gasteiger charge is 2.14. The molecule has 0 aromatic carbocycles. The largest absolute Gasteiger partial charge is 0.382 e. The molecule has 80 valence electrons. The zero-order valence-corrected chi connectivity index (χ0v) is 9.42. The van der Waals surface area contributed by atoms with Gasteiger partial charge in [0.1, 0.15) is 0 Å². The summed E-state index contributed by atoms with van der Waals surface area (Å²) in [4.78, 5) is 0. The van der Waals surface area contributed by atoms with Crippen molar-refractivity contribution in [2.24, 2.45) is 5.73 Å². The van der Waals surface area contributed by atoms with Gasteiger partial charge in [-0.05, 0) is 29.3 Å². The van der Waals surface area contributed by atoms with E-state index in [0.717, 1.165) is 5.56 Å². The molecule has 1 heterocycles.